The third-order valence-electron chi connectivity index (χ3n) is 6.80. The second kappa shape index (κ2) is 10.7. The van der Waals surface area contributed by atoms with Gasteiger partial charge in [0.1, 0.15) is 0 Å². The summed E-state index contributed by atoms with van der Waals surface area (Å²) < 4.78 is 5.23. The lowest BCUT2D eigenvalue weighted by atomic mass is 9.85. The fourth-order valence-electron chi connectivity index (χ4n) is 4.94. The standard InChI is InChI=1S/C35H30O2/c1-4-25-15-19-27(20-16-25)33-29-11-5-7-13-31(29)34(32-14-8-6-12-30(32)33)28-21-17-26(18-22-28)10-9-23-37-35(36)24(2)3/h4-8,11-22H,1-2,9-10,23H2,3H3. The Bertz CT molecular complexity index is 1550. The molecule has 0 spiro atoms. The molecule has 0 aliphatic heterocycles. The second-order valence-electron chi connectivity index (χ2n) is 9.38. The summed E-state index contributed by atoms with van der Waals surface area (Å²) >= 11 is 0. The Labute approximate surface area is 218 Å². The first kappa shape index (κ1) is 24.3. The SMILES string of the molecule is C=Cc1ccc(-c2c3ccccc3c(-c3ccc(CCCOC(=O)C(=C)C)cc3)c3ccccc23)cc1. The van der Waals surface area contributed by atoms with E-state index in [9.17, 15) is 4.79 Å². The highest BCUT2D eigenvalue weighted by atomic mass is 16.5. The van der Waals surface area contributed by atoms with Crippen LogP contribution in [0.4, 0.5) is 0 Å². The van der Waals surface area contributed by atoms with Gasteiger partial charge in [0.05, 0.1) is 6.61 Å². The molecule has 0 unspecified atom stereocenters. The minimum Gasteiger partial charge on any atom is -0.462 e. The van der Waals surface area contributed by atoms with Crippen molar-refractivity contribution in [1.29, 1.82) is 0 Å². The van der Waals surface area contributed by atoms with E-state index in [0.29, 0.717) is 12.2 Å². The van der Waals surface area contributed by atoms with Gasteiger partial charge in [-0.3, -0.25) is 0 Å². The van der Waals surface area contributed by atoms with Crippen LogP contribution in [0.2, 0.25) is 0 Å². The average Bonchev–Trinajstić information content (AvgIpc) is 2.94. The molecule has 2 nitrogen and oxygen atoms in total. The third kappa shape index (κ3) is 4.96. The molecule has 5 rings (SSSR count). The molecule has 5 aromatic carbocycles. The van der Waals surface area contributed by atoms with Crippen molar-refractivity contribution in [3.05, 3.63) is 127 Å². The Balaban J connectivity index is 1.55. The van der Waals surface area contributed by atoms with Crippen LogP contribution in [-0.4, -0.2) is 12.6 Å². The topological polar surface area (TPSA) is 26.3 Å². The highest BCUT2D eigenvalue weighted by molar-refractivity contribution is 6.21. The lowest BCUT2D eigenvalue weighted by molar-refractivity contribution is -0.139. The minimum atomic E-state index is -0.325. The van der Waals surface area contributed by atoms with Crippen LogP contribution in [0.15, 0.2) is 116 Å². The van der Waals surface area contributed by atoms with Gasteiger partial charge in [0.25, 0.3) is 0 Å². The van der Waals surface area contributed by atoms with Gasteiger partial charge in [0.2, 0.25) is 0 Å². The molecule has 182 valence electrons. The van der Waals surface area contributed by atoms with Crippen LogP contribution >= 0.6 is 0 Å². The molecule has 0 radical (unpaired) electrons. The van der Waals surface area contributed by atoms with Crippen LogP contribution in [0, 0.1) is 0 Å². The van der Waals surface area contributed by atoms with Crippen molar-refractivity contribution in [3.8, 4) is 22.3 Å². The number of benzene rings is 5. The fourth-order valence-corrected chi connectivity index (χ4v) is 4.94. The van der Waals surface area contributed by atoms with Gasteiger partial charge >= 0.3 is 5.97 Å². The van der Waals surface area contributed by atoms with E-state index in [0.717, 1.165) is 18.4 Å². The molecule has 0 heterocycles. The minimum absolute atomic E-state index is 0.325. The summed E-state index contributed by atoms with van der Waals surface area (Å²) in [6, 6.07) is 34.8. The molecule has 2 heteroatoms. The van der Waals surface area contributed by atoms with Crippen molar-refractivity contribution in [2.45, 2.75) is 19.8 Å². The Morgan fingerprint density at radius 1 is 0.730 bits per heavy atom. The average molecular weight is 483 g/mol. The lowest BCUT2D eigenvalue weighted by Crippen LogP contribution is -2.06. The van der Waals surface area contributed by atoms with E-state index in [1.54, 1.807) is 6.92 Å². The van der Waals surface area contributed by atoms with E-state index >= 15 is 0 Å². The molecule has 37 heavy (non-hydrogen) atoms. The molecule has 0 atom stereocenters. The van der Waals surface area contributed by atoms with E-state index in [1.165, 1.54) is 49.4 Å². The Morgan fingerprint density at radius 3 is 1.62 bits per heavy atom. The van der Waals surface area contributed by atoms with Crippen LogP contribution in [0.1, 0.15) is 24.5 Å². The molecule has 0 aliphatic carbocycles. The van der Waals surface area contributed by atoms with E-state index < -0.39 is 0 Å². The Kier molecular flexibility index (Phi) is 7.00. The van der Waals surface area contributed by atoms with E-state index in [1.807, 2.05) is 6.08 Å². The zero-order valence-electron chi connectivity index (χ0n) is 21.2. The number of ether oxygens (including phenoxy) is 1. The lowest BCUT2D eigenvalue weighted by Gasteiger charge is -2.18. The van der Waals surface area contributed by atoms with Crippen molar-refractivity contribution in [2.75, 3.05) is 6.61 Å². The summed E-state index contributed by atoms with van der Waals surface area (Å²) in [5.74, 6) is -0.325. The van der Waals surface area contributed by atoms with Crippen LogP contribution in [0.25, 0.3) is 49.9 Å². The highest BCUT2D eigenvalue weighted by Crippen LogP contribution is 2.43. The molecule has 0 saturated carbocycles. The molecule has 0 aromatic heterocycles. The number of rotatable bonds is 8. The monoisotopic (exact) mass is 482 g/mol. The number of fused-ring (bicyclic) bond motifs is 2. The largest absolute Gasteiger partial charge is 0.462 e. The maximum absolute atomic E-state index is 11.6. The molecule has 0 amide bonds. The summed E-state index contributed by atoms with van der Waals surface area (Å²) in [5, 5.41) is 4.96. The van der Waals surface area contributed by atoms with Crippen LogP contribution in [0.3, 0.4) is 0 Å². The van der Waals surface area contributed by atoms with Crippen LogP contribution in [0.5, 0.6) is 0 Å². The zero-order valence-corrected chi connectivity index (χ0v) is 21.2. The smallest absolute Gasteiger partial charge is 0.333 e. The predicted molar refractivity (Wildman–Crippen MR) is 157 cm³/mol. The number of esters is 1. The molecule has 0 N–H and O–H groups in total. The van der Waals surface area contributed by atoms with Crippen LogP contribution < -0.4 is 0 Å². The predicted octanol–water partition coefficient (Wildman–Crippen LogP) is 9.02. The summed E-state index contributed by atoms with van der Waals surface area (Å²) in [6.07, 6.45) is 3.51. The summed E-state index contributed by atoms with van der Waals surface area (Å²) in [5.41, 5.74) is 7.67. The van der Waals surface area contributed by atoms with Gasteiger partial charge in [-0.15, -0.1) is 0 Å². The third-order valence-corrected chi connectivity index (χ3v) is 6.80. The van der Waals surface area contributed by atoms with Gasteiger partial charge in [0, 0.05) is 5.57 Å². The normalized spacial score (nSPS) is 10.9. The van der Waals surface area contributed by atoms with Gasteiger partial charge in [-0.25, -0.2) is 4.79 Å². The first-order chi connectivity index (χ1) is 18.1. The number of carbonyl (C=O) groups excluding carboxylic acids is 1. The van der Waals surface area contributed by atoms with E-state index in [2.05, 4.69) is 110 Å². The molecule has 0 fully saturated rings. The van der Waals surface area contributed by atoms with Gasteiger partial charge in [-0.2, -0.15) is 0 Å². The zero-order chi connectivity index (χ0) is 25.8. The van der Waals surface area contributed by atoms with Crippen molar-refractivity contribution in [3.63, 3.8) is 0 Å². The van der Waals surface area contributed by atoms with Gasteiger partial charge in [0.15, 0.2) is 0 Å². The fraction of sp³-hybridized carbons (Fsp3) is 0.114. The number of aryl methyl sites for hydroxylation is 1. The Morgan fingerprint density at radius 2 is 1.19 bits per heavy atom. The first-order valence-corrected chi connectivity index (χ1v) is 12.6. The number of hydrogen-bond donors (Lipinski definition) is 0. The molecular formula is C35H30O2. The second-order valence-corrected chi connectivity index (χ2v) is 9.38. The van der Waals surface area contributed by atoms with Crippen molar-refractivity contribution < 1.29 is 9.53 Å². The van der Waals surface area contributed by atoms with E-state index in [4.69, 9.17) is 4.74 Å². The van der Waals surface area contributed by atoms with Crippen molar-refractivity contribution >= 4 is 33.6 Å². The van der Waals surface area contributed by atoms with Gasteiger partial charge < -0.3 is 4.74 Å². The number of carbonyl (C=O) groups is 1. The number of hydrogen-bond acceptors (Lipinski definition) is 2. The quantitative estimate of drug-likeness (QED) is 0.0954. The molecule has 0 bridgehead atoms. The molecule has 0 aliphatic rings. The van der Waals surface area contributed by atoms with E-state index in [-0.39, 0.29) is 5.97 Å². The van der Waals surface area contributed by atoms with Crippen molar-refractivity contribution in [1.82, 2.24) is 0 Å². The molecule has 5 aromatic rings. The van der Waals surface area contributed by atoms with Gasteiger partial charge in [-0.05, 0) is 74.7 Å². The van der Waals surface area contributed by atoms with Gasteiger partial charge in [-0.1, -0.05) is 116 Å². The van der Waals surface area contributed by atoms with Crippen LogP contribution in [-0.2, 0) is 16.0 Å². The summed E-state index contributed by atoms with van der Waals surface area (Å²) in [6.45, 7) is 9.59. The maximum atomic E-state index is 11.6. The summed E-state index contributed by atoms with van der Waals surface area (Å²) in [4.78, 5) is 11.6. The molecule has 0 saturated heterocycles. The van der Waals surface area contributed by atoms with Crippen molar-refractivity contribution in [2.24, 2.45) is 0 Å². The summed E-state index contributed by atoms with van der Waals surface area (Å²) in [7, 11) is 0. The highest BCUT2D eigenvalue weighted by Gasteiger charge is 2.16. The Hall–Kier alpha value is -4.43. The maximum Gasteiger partial charge on any atom is 0.333 e. The first-order valence-electron chi connectivity index (χ1n) is 12.6. The molecular weight excluding hydrogens is 452 g/mol.